The Balaban J connectivity index is 2.23. The fourth-order valence-corrected chi connectivity index (χ4v) is 2.90. The molecule has 27 heavy (non-hydrogen) atoms. The number of phenolic OH excluding ortho intramolecular Hbond substituents is 2. The quantitative estimate of drug-likeness (QED) is 0.535. The summed E-state index contributed by atoms with van der Waals surface area (Å²) in [5, 5.41) is 29.7. The van der Waals surface area contributed by atoms with Crippen LogP contribution in [0.25, 0.3) is 22.4 Å². The third kappa shape index (κ3) is 3.54. The van der Waals surface area contributed by atoms with Crippen LogP contribution in [0.15, 0.2) is 36.4 Å². The molecule has 0 spiro atoms. The molecule has 1 aromatic heterocycles. The predicted octanol–water partition coefficient (Wildman–Crippen LogP) is 3.57. The lowest BCUT2D eigenvalue weighted by atomic mass is 9.97. The topological polar surface area (TPSA) is 107 Å². The molecule has 8 heteroatoms. The molecule has 0 bridgehead atoms. The molecular formula is C19H18ClN3O4. The van der Waals surface area contributed by atoms with Gasteiger partial charge >= 0.3 is 0 Å². The summed E-state index contributed by atoms with van der Waals surface area (Å²) < 4.78 is 5.18. The van der Waals surface area contributed by atoms with Gasteiger partial charge in [-0.15, -0.1) is 0 Å². The van der Waals surface area contributed by atoms with Crippen molar-refractivity contribution in [1.82, 2.24) is 15.5 Å². The van der Waals surface area contributed by atoms with E-state index in [0.717, 1.165) is 6.07 Å². The number of carbonyl (C=O) groups excluding carboxylic acids is 1. The molecule has 0 atom stereocenters. The molecule has 1 heterocycles. The molecule has 0 fully saturated rings. The van der Waals surface area contributed by atoms with Gasteiger partial charge in [0.25, 0.3) is 5.91 Å². The molecule has 7 nitrogen and oxygen atoms in total. The van der Waals surface area contributed by atoms with E-state index in [1.807, 2.05) is 6.92 Å². The van der Waals surface area contributed by atoms with Crippen molar-refractivity contribution in [3.63, 3.8) is 0 Å². The fraction of sp³-hybridized carbons (Fsp3) is 0.158. The molecule has 0 aliphatic carbocycles. The third-order valence-corrected chi connectivity index (χ3v) is 4.33. The number of ether oxygens (including phenoxy) is 1. The molecule has 0 saturated heterocycles. The number of nitrogens with one attached hydrogen (secondary N) is 2. The monoisotopic (exact) mass is 387 g/mol. The summed E-state index contributed by atoms with van der Waals surface area (Å²) in [6, 6.07) is 9.65. The van der Waals surface area contributed by atoms with E-state index < -0.39 is 0 Å². The Kier molecular flexibility index (Phi) is 5.23. The van der Waals surface area contributed by atoms with E-state index in [4.69, 9.17) is 16.3 Å². The first kappa shape index (κ1) is 18.6. The van der Waals surface area contributed by atoms with Crippen LogP contribution in [0.1, 0.15) is 17.4 Å². The Morgan fingerprint density at radius 3 is 2.56 bits per heavy atom. The maximum absolute atomic E-state index is 12.5. The summed E-state index contributed by atoms with van der Waals surface area (Å²) in [5.41, 5.74) is 2.10. The Morgan fingerprint density at radius 2 is 1.93 bits per heavy atom. The lowest BCUT2D eigenvalue weighted by molar-refractivity contribution is 0.0951. The number of nitrogens with zero attached hydrogens (tertiary/aromatic N) is 1. The van der Waals surface area contributed by atoms with Crippen molar-refractivity contribution in [3.05, 3.63) is 47.1 Å². The number of aromatic nitrogens is 2. The zero-order chi connectivity index (χ0) is 19.6. The van der Waals surface area contributed by atoms with Gasteiger partial charge < -0.3 is 20.3 Å². The van der Waals surface area contributed by atoms with Crippen LogP contribution in [0.5, 0.6) is 17.2 Å². The van der Waals surface area contributed by atoms with Gasteiger partial charge in [0.15, 0.2) is 5.69 Å². The van der Waals surface area contributed by atoms with Crippen molar-refractivity contribution in [2.75, 3.05) is 13.7 Å². The molecule has 3 aromatic rings. The van der Waals surface area contributed by atoms with Crippen molar-refractivity contribution in [2.24, 2.45) is 0 Å². The minimum Gasteiger partial charge on any atom is -0.507 e. The van der Waals surface area contributed by atoms with Crippen molar-refractivity contribution >= 4 is 17.5 Å². The van der Waals surface area contributed by atoms with E-state index in [2.05, 4.69) is 15.5 Å². The second-order valence-corrected chi connectivity index (χ2v) is 6.14. The third-order valence-electron chi connectivity index (χ3n) is 4.03. The Labute approximate surface area is 160 Å². The number of rotatable bonds is 5. The number of phenols is 2. The summed E-state index contributed by atoms with van der Waals surface area (Å²) in [6.45, 7) is 2.25. The van der Waals surface area contributed by atoms with E-state index in [0.29, 0.717) is 34.7 Å². The average Bonchev–Trinajstić information content (AvgIpc) is 3.10. The number of amides is 1. The molecule has 140 valence electrons. The molecule has 2 aromatic carbocycles. The largest absolute Gasteiger partial charge is 0.507 e. The number of H-pyrrole nitrogens is 1. The number of carbonyl (C=O) groups is 1. The average molecular weight is 388 g/mol. The smallest absolute Gasteiger partial charge is 0.272 e. The molecule has 0 unspecified atom stereocenters. The highest BCUT2D eigenvalue weighted by molar-refractivity contribution is 6.32. The number of aromatic hydroxyl groups is 2. The van der Waals surface area contributed by atoms with Crippen LogP contribution in [0.4, 0.5) is 0 Å². The van der Waals surface area contributed by atoms with Crippen LogP contribution in [0.3, 0.4) is 0 Å². The number of benzene rings is 2. The fourth-order valence-electron chi connectivity index (χ4n) is 2.74. The molecule has 3 rings (SSSR count). The maximum Gasteiger partial charge on any atom is 0.272 e. The molecule has 0 aliphatic rings. The highest BCUT2D eigenvalue weighted by Gasteiger charge is 2.24. The van der Waals surface area contributed by atoms with E-state index in [-0.39, 0.29) is 28.1 Å². The van der Waals surface area contributed by atoms with Crippen molar-refractivity contribution < 1.29 is 19.7 Å². The zero-order valence-electron chi connectivity index (χ0n) is 14.7. The summed E-state index contributed by atoms with van der Waals surface area (Å²) in [6.07, 6.45) is 0. The first-order chi connectivity index (χ1) is 13.0. The van der Waals surface area contributed by atoms with Gasteiger partial charge in [0.1, 0.15) is 17.2 Å². The van der Waals surface area contributed by atoms with Gasteiger partial charge in [-0.05, 0) is 30.7 Å². The minimum atomic E-state index is -0.352. The number of hydrogen-bond acceptors (Lipinski definition) is 5. The predicted molar refractivity (Wildman–Crippen MR) is 102 cm³/mol. The molecule has 0 aliphatic heterocycles. The summed E-state index contributed by atoms with van der Waals surface area (Å²) in [5.74, 6) is -0.126. The Morgan fingerprint density at radius 1 is 1.22 bits per heavy atom. The number of methoxy groups -OCH3 is 1. The molecule has 0 radical (unpaired) electrons. The van der Waals surface area contributed by atoms with E-state index in [9.17, 15) is 15.0 Å². The van der Waals surface area contributed by atoms with Gasteiger partial charge in [-0.1, -0.05) is 23.7 Å². The maximum atomic E-state index is 12.5. The second-order valence-electron chi connectivity index (χ2n) is 5.73. The highest BCUT2D eigenvalue weighted by Crippen LogP contribution is 2.41. The van der Waals surface area contributed by atoms with Crippen molar-refractivity contribution in [1.29, 1.82) is 0 Å². The first-order valence-electron chi connectivity index (χ1n) is 8.19. The van der Waals surface area contributed by atoms with Crippen LogP contribution >= 0.6 is 11.6 Å². The standard InChI is InChI=1S/C19H18ClN3O4/c1-3-21-19(26)18-16(10-4-6-11(27-2)7-5-10)17(22-23-18)12-8-13(20)15(25)9-14(12)24/h4-9,24-25H,3H2,1-2H3,(H,21,26)(H,22,23). The van der Waals surface area contributed by atoms with Gasteiger partial charge in [0.2, 0.25) is 0 Å². The molecule has 0 saturated carbocycles. The normalized spacial score (nSPS) is 10.6. The zero-order valence-corrected chi connectivity index (χ0v) is 15.5. The molecule has 4 N–H and O–H groups in total. The van der Waals surface area contributed by atoms with Crippen LogP contribution < -0.4 is 10.1 Å². The van der Waals surface area contributed by atoms with Gasteiger partial charge in [0.05, 0.1) is 17.8 Å². The van der Waals surface area contributed by atoms with E-state index >= 15 is 0 Å². The first-order valence-corrected chi connectivity index (χ1v) is 8.56. The van der Waals surface area contributed by atoms with Crippen LogP contribution in [0.2, 0.25) is 5.02 Å². The van der Waals surface area contributed by atoms with Crippen molar-refractivity contribution in [2.45, 2.75) is 6.92 Å². The number of hydrogen-bond donors (Lipinski definition) is 4. The summed E-state index contributed by atoms with van der Waals surface area (Å²) >= 11 is 6.00. The Hall–Kier alpha value is -3.19. The summed E-state index contributed by atoms with van der Waals surface area (Å²) in [4.78, 5) is 12.5. The van der Waals surface area contributed by atoms with Gasteiger partial charge in [-0.2, -0.15) is 5.10 Å². The second kappa shape index (κ2) is 7.59. The van der Waals surface area contributed by atoms with Crippen LogP contribution in [0, 0.1) is 0 Å². The minimum absolute atomic E-state index is 0.0673. The van der Waals surface area contributed by atoms with Crippen molar-refractivity contribution in [3.8, 4) is 39.6 Å². The lowest BCUT2D eigenvalue weighted by Crippen LogP contribution is -2.23. The Bertz CT molecular complexity index is 983. The highest BCUT2D eigenvalue weighted by atomic mass is 35.5. The SMILES string of the molecule is CCNC(=O)c1n[nH]c(-c2cc(Cl)c(O)cc2O)c1-c1ccc(OC)cc1. The lowest BCUT2D eigenvalue weighted by Gasteiger charge is -2.10. The molecular weight excluding hydrogens is 370 g/mol. The van der Waals surface area contributed by atoms with E-state index in [1.54, 1.807) is 31.4 Å². The van der Waals surface area contributed by atoms with Gasteiger partial charge in [0, 0.05) is 23.7 Å². The van der Waals surface area contributed by atoms with Gasteiger partial charge in [-0.25, -0.2) is 0 Å². The van der Waals surface area contributed by atoms with Crippen LogP contribution in [-0.4, -0.2) is 40.0 Å². The summed E-state index contributed by atoms with van der Waals surface area (Å²) in [7, 11) is 1.56. The van der Waals surface area contributed by atoms with Gasteiger partial charge in [-0.3, -0.25) is 9.89 Å². The number of halogens is 1. The van der Waals surface area contributed by atoms with E-state index in [1.165, 1.54) is 6.07 Å². The number of aromatic amines is 1. The molecule has 1 amide bonds. The van der Waals surface area contributed by atoms with Crippen LogP contribution in [-0.2, 0) is 0 Å².